The van der Waals surface area contributed by atoms with Crippen LogP contribution in [0, 0.1) is 5.92 Å². The van der Waals surface area contributed by atoms with E-state index in [0.29, 0.717) is 6.61 Å². The fourth-order valence-electron chi connectivity index (χ4n) is 4.16. The van der Waals surface area contributed by atoms with Gasteiger partial charge in [-0.1, -0.05) is 26.0 Å². The highest BCUT2D eigenvalue weighted by molar-refractivity contribution is 7.99. The van der Waals surface area contributed by atoms with Crippen LogP contribution >= 0.6 is 11.8 Å². The van der Waals surface area contributed by atoms with Crippen molar-refractivity contribution in [1.82, 2.24) is 25.3 Å². The first-order valence-electron chi connectivity index (χ1n) is 11.0. The van der Waals surface area contributed by atoms with Crippen LogP contribution in [0.3, 0.4) is 0 Å². The van der Waals surface area contributed by atoms with Gasteiger partial charge >= 0.3 is 6.03 Å². The second-order valence-electron chi connectivity index (χ2n) is 7.85. The summed E-state index contributed by atoms with van der Waals surface area (Å²) in [7, 11) is 3.32. The molecule has 2 aliphatic rings. The van der Waals surface area contributed by atoms with E-state index in [9.17, 15) is 9.59 Å². The number of urea groups is 1. The van der Waals surface area contributed by atoms with Crippen LogP contribution in [0.25, 0.3) is 0 Å². The summed E-state index contributed by atoms with van der Waals surface area (Å²) < 4.78 is 5.56. The minimum absolute atomic E-state index is 0.108. The Kier molecular flexibility index (Phi) is 8.21. The van der Waals surface area contributed by atoms with Gasteiger partial charge in [0.15, 0.2) is 0 Å². The lowest BCUT2D eigenvalue weighted by molar-refractivity contribution is -0.140. The Bertz CT molecular complexity index is 758. The molecule has 0 saturated carbocycles. The average molecular weight is 450 g/mol. The summed E-state index contributed by atoms with van der Waals surface area (Å²) in [6, 6.07) is 7.66. The van der Waals surface area contributed by atoms with Crippen molar-refractivity contribution in [1.29, 1.82) is 0 Å². The number of amides is 3. The van der Waals surface area contributed by atoms with Crippen LogP contribution in [0.5, 0.6) is 5.75 Å². The maximum absolute atomic E-state index is 13.1. The third-order valence-corrected chi connectivity index (χ3v) is 7.29. The molecule has 0 spiro atoms. The number of imide groups is 1. The predicted molar refractivity (Wildman–Crippen MR) is 124 cm³/mol. The van der Waals surface area contributed by atoms with E-state index in [2.05, 4.69) is 29.4 Å². The van der Waals surface area contributed by atoms with Gasteiger partial charge in [-0.3, -0.25) is 20.3 Å². The molecular weight excluding hydrogens is 414 g/mol. The monoisotopic (exact) mass is 449 g/mol. The highest BCUT2D eigenvalue weighted by atomic mass is 32.2. The largest absolute Gasteiger partial charge is 0.494 e. The van der Waals surface area contributed by atoms with Crippen molar-refractivity contribution in [3.05, 3.63) is 29.8 Å². The number of ether oxygens (including phenoxy) is 1. The van der Waals surface area contributed by atoms with Gasteiger partial charge in [0.05, 0.1) is 30.2 Å². The van der Waals surface area contributed by atoms with Crippen molar-refractivity contribution in [2.45, 2.75) is 38.5 Å². The van der Waals surface area contributed by atoms with E-state index in [0.717, 1.165) is 36.7 Å². The van der Waals surface area contributed by atoms with Crippen molar-refractivity contribution < 1.29 is 14.3 Å². The first-order valence-corrected chi connectivity index (χ1v) is 12.1. The van der Waals surface area contributed by atoms with Crippen LogP contribution in [0.1, 0.15) is 32.5 Å². The van der Waals surface area contributed by atoms with Crippen LogP contribution in [-0.2, 0) is 4.79 Å². The molecule has 31 heavy (non-hydrogen) atoms. The fourth-order valence-corrected chi connectivity index (χ4v) is 5.49. The Morgan fingerprint density at radius 1 is 1.06 bits per heavy atom. The third-order valence-electron chi connectivity index (χ3n) is 6.08. The van der Waals surface area contributed by atoms with Gasteiger partial charge in [0.1, 0.15) is 5.75 Å². The van der Waals surface area contributed by atoms with E-state index in [4.69, 9.17) is 4.74 Å². The topological polar surface area (TPSA) is 77.2 Å². The molecule has 3 amide bonds. The molecule has 0 radical (unpaired) electrons. The molecule has 2 fully saturated rings. The van der Waals surface area contributed by atoms with Gasteiger partial charge < -0.3 is 14.5 Å². The highest BCUT2D eigenvalue weighted by Crippen LogP contribution is 2.34. The fraction of sp³-hybridized carbons (Fsp3) is 0.636. The molecule has 4 atom stereocenters. The minimum Gasteiger partial charge on any atom is -0.494 e. The van der Waals surface area contributed by atoms with Crippen molar-refractivity contribution in [2.75, 3.05) is 46.1 Å². The molecule has 3 rings (SSSR count). The van der Waals surface area contributed by atoms with Crippen LogP contribution in [0.15, 0.2) is 24.3 Å². The van der Waals surface area contributed by atoms with Gasteiger partial charge in [0.2, 0.25) is 5.91 Å². The molecule has 1 aromatic rings. The maximum atomic E-state index is 13.1. The summed E-state index contributed by atoms with van der Waals surface area (Å²) in [6.07, 6.45) is -0.533. The second-order valence-corrected chi connectivity index (χ2v) is 9.10. The van der Waals surface area contributed by atoms with Crippen LogP contribution in [0.4, 0.5) is 4.79 Å². The van der Waals surface area contributed by atoms with Crippen LogP contribution in [-0.4, -0.2) is 84.3 Å². The number of nitrogens with zero attached hydrogens (tertiary/aromatic N) is 3. The molecule has 2 N–H and O–H groups in total. The number of carbonyl (C=O) groups excluding carboxylic acids is 2. The lowest BCUT2D eigenvalue weighted by atomic mass is 9.96. The zero-order valence-corrected chi connectivity index (χ0v) is 19.9. The van der Waals surface area contributed by atoms with Crippen molar-refractivity contribution >= 4 is 23.7 Å². The second kappa shape index (κ2) is 10.7. The zero-order chi connectivity index (χ0) is 22.5. The lowest BCUT2D eigenvalue weighted by Crippen LogP contribution is -2.72. The van der Waals surface area contributed by atoms with Gasteiger partial charge in [-0.05, 0) is 37.7 Å². The number of carbonyl (C=O) groups is 2. The van der Waals surface area contributed by atoms with Crippen molar-refractivity contribution in [3.63, 3.8) is 0 Å². The smallest absolute Gasteiger partial charge is 0.327 e. The minimum atomic E-state index is -0.361. The number of hydrogen-bond acceptors (Lipinski definition) is 7. The maximum Gasteiger partial charge on any atom is 0.327 e. The molecular formula is C22H35N5O3S. The number of hydrogen-bond donors (Lipinski definition) is 2. The number of benzene rings is 1. The summed E-state index contributed by atoms with van der Waals surface area (Å²) in [5, 5.41) is 7.00. The molecule has 4 unspecified atom stereocenters. The van der Waals surface area contributed by atoms with E-state index >= 15 is 0 Å². The van der Waals surface area contributed by atoms with E-state index < -0.39 is 0 Å². The summed E-state index contributed by atoms with van der Waals surface area (Å²) in [5.74, 6) is 1.24. The third kappa shape index (κ3) is 5.16. The quantitative estimate of drug-likeness (QED) is 0.598. The average Bonchev–Trinajstić information content (AvgIpc) is 2.79. The molecule has 0 aliphatic carbocycles. The summed E-state index contributed by atoms with van der Waals surface area (Å²) in [4.78, 5) is 30.9. The molecule has 2 aliphatic heterocycles. The normalized spacial score (nSPS) is 26.4. The molecule has 0 bridgehead atoms. The molecule has 0 aromatic heterocycles. The molecule has 8 nitrogen and oxygen atoms in total. The summed E-state index contributed by atoms with van der Waals surface area (Å²) in [6.45, 7) is 9.89. The molecule has 1 aromatic carbocycles. The highest BCUT2D eigenvalue weighted by Gasteiger charge is 2.50. The van der Waals surface area contributed by atoms with E-state index in [1.54, 1.807) is 30.8 Å². The molecule has 9 heteroatoms. The van der Waals surface area contributed by atoms with Gasteiger partial charge in [-0.15, -0.1) is 11.8 Å². The molecule has 2 saturated heterocycles. The number of nitrogens with one attached hydrogen (secondary N) is 2. The van der Waals surface area contributed by atoms with E-state index in [1.165, 1.54) is 4.90 Å². The van der Waals surface area contributed by atoms with Crippen molar-refractivity contribution in [2.24, 2.45) is 5.92 Å². The van der Waals surface area contributed by atoms with Gasteiger partial charge in [0.25, 0.3) is 0 Å². The molecule has 2 heterocycles. The van der Waals surface area contributed by atoms with Crippen molar-refractivity contribution in [3.8, 4) is 5.75 Å². The predicted octanol–water partition coefficient (Wildman–Crippen LogP) is 2.14. The Morgan fingerprint density at radius 2 is 1.74 bits per heavy atom. The summed E-state index contributed by atoms with van der Waals surface area (Å²) in [5.41, 5.74) is 1.04. The van der Waals surface area contributed by atoms with Gasteiger partial charge in [0, 0.05) is 26.4 Å². The Labute approximate surface area is 189 Å². The Morgan fingerprint density at radius 3 is 2.35 bits per heavy atom. The summed E-state index contributed by atoms with van der Waals surface area (Å²) >= 11 is 1.76. The van der Waals surface area contributed by atoms with Gasteiger partial charge in [-0.2, -0.15) is 0 Å². The SMILES string of the molecule is CCOc1ccc(C2NC(SCCN(CC)CC)C3C(=O)N(C)C(=O)N(C)C3N2)cc1. The lowest BCUT2D eigenvalue weighted by Gasteiger charge is -2.50. The van der Waals surface area contributed by atoms with E-state index in [-0.39, 0.29) is 35.6 Å². The van der Waals surface area contributed by atoms with Gasteiger partial charge in [-0.25, -0.2) is 4.79 Å². The zero-order valence-electron chi connectivity index (χ0n) is 19.1. The standard InChI is InChI=1S/C22H35N5O3S/c1-6-27(7-2)13-14-31-20-17-19(25(4)22(29)26(5)21(17)28)23-18(24-20)15-9-11-16(12-10-15)30-8-3/h9-12,17-20,23-24H,6-8,13-14H2,1-5H3. The first-order chi connectivity index (χ1) is 14.9. The molecule has 172 valence electrons. The Balaban J connectivity index is 1.81. The van der Waals surface area contributed by atoms with E-state index in [1.807, 2.05) is 31.2 Å². The first kappa shape index (κ1) is 23.8. The Hall–Kier alpha value is -1.81. The number of fused-ring (bicyclic) bond motifs is 1. The number of rotatable bonds is 9. The number of thioether (sulfide) groups is 1. The van der Waals surface area contributed by atoms with Crippen LogP contribution in [0.2, 0.25) is 0 Å². The van der Waals surface area contributed by atoms with Crippen LogP contribution < -0.4 is 15.4 Å².